The van der Waals surface area contributed by atoms with Crippen LogP contribution in [0.15, 0.2) is 48.5 Å². The van der Waals surface area contributed by atoms with Crippen LogP contribution >= 0.6 is 11.6 Å². The Balaban J connectivity index is 1.53. The van der Waals surface area contributed by atoms with Crippen LogP contribution in [0.4, 0.5) is 0 Å². The fraction of sp³-hybridized carbons (Fsp3) is 0.350. The van der Waals surface area contributed by atoms with Crippen LogP contribution in [0.25, 0.3) is 0 Å². The van der Waals surface area contributed by atoms with E-state index in [-0.39, 0.29) is 17.7 Å². The number of amides is 1. The van der Waals surface area contributed by atoms with E-state index in [2.05, 4.69) is 12.2 Å². The monoisotopic (exact) mass is 343 g/mol. The molecule has 0 radical (unpaired) electrons. The van der Waals surface area contributed by atoms with Gasteiger partial charge in [-0.05, 0) is 48.1 Å². The number of benzene rings is 2. The molecule has 0 aromatic heterocycles. The molecule has 126 valence electrons. The van der Waals surface area contributed by atoms with Crippen LogP contribution in [0.3, 0.4) is 0 Å². The molecule has 24 heavy (non-hydrogen) atoms. The number of carbonyl (C=O) groups is 1. The van der Waals surface area contributed by atoms with Crippen LogP contribution in [-0.2, 0) is 11.3 Å². The summed E-state index contributed by atoms with van der Waals surface area (Å²) < 4.78 is 5.62. The van der Waals surface area contributed by atoms with Gasteiger partial charge < -0.3 is 10.1 Å². The van der Waals surface area contributed by atoms with Gasteiger partial charge in [0.25, 0.3) is 0 Å². The smallest absolute Gasteiger partial charge is 0.224 e. The molecule has 0 saturated heterocycles. The van der Waals surface area contributed by atoms with E-state index in [1.807, 2.05) is 48.5 Å². The summed E-state index contributed by atoms with van der Waals surface area (Å²) in [6.45, 7) is 3.31. The van der Waals surface area contributed by atoms with Gasteiger partial charge >= 0.3 is 0 Å². The third-order valence-corrected chi connectivity index (χ3v) is 4.61. The SMILES string of the molecule is CCCOc1cccc(CNC(=O)C2CC2c2ccccc2Cl)c1. The highest BCUT2D eigenvalue weighted by molar-refractivity contribution is 6.31. The summed E-state index contributed by atoms with van der Waals surface area (Å²) in [5, 5.41) is 3.77. The third-order valence-electron chi connectivity index (χ3n) is 4.27. The van der Waals surface area contributed by atoms with Crippen LogP contribution in [0.5, 0.6) is 5.75 Å². The van der Waals surface area contributed by atoms with Crippen molar-refractivity contribution in [3.63, 3.8) is 0 Å². The normalized spacial score (nSPS) is 18.9. The van der Waals surface area contributed by atoms with Crippen molar-refractivity contribution < 1.29 is 9.53 Å². The second-order valence-corrected chi connectivity index (χ2v) is 6.59. The van der Waals surface area contributed by atoms with E-state index >= 15 is 0 Å². The molecule has 4 heteroatoms. The zero-order valence-corrected chi connectivity index (χ0v) is 14.6. The number of hydrogen-bond acceptors (Lipinski definition) is 2. The minimum Gasteiger partial charge on any atom is -0.494 e. The van der Waals surface area contributed by atoms with Crippen molar-refractivity contribution in [1.82, 2.24) is 5.32 Å². The van der Waals surface area contributed by atoms with Gasteiger partial charge in [0.15, 0.2) is 0 Å². The minimum absolute atomic E-state index is 0.0319. The predicted molar refractivity (Wildman–Crippen MR) is 96.4 cm³/mol. The van der Waals surface area contributed by atoms with Crippen molar-refractivity contribution in [2.24, 2.45) is 5.92 Å². The molecule has 0 spiro atoms. The Morgan fingerprint density at radius 3 is 2.88 bits per heavy atom. The van der Waals surface area contributed by atoms with Crippen molar-refractivity contribution >= 4 is 17.5 Å². The summed E-state index contributed by atoms with van der Waals surface area (Å²) in [4.78, 5) is 12.3. The van der Waals surface area contributed by atoms with E-state index in [9.17, 15) is 4.79 Å². The molecule has 1 N–H and O–H groups in total. The first-order chi connectivity index (χ1) is 11.7. The maximum Gasteiger partial charge on any atom is 0.224 e. The summed E-state index contributed by atoms with van der Waals surface area (Å²) in [7, 11) is 0. The maximum absolute atomic E-state index is 12.3. The molecule has 1 fully saturated rings. The van der Waals surface area contributed by atoms with E-state index in [0.29, 0.717) is 13.2 Å². The Bertz CT molecular complexity index is 716. The zero-order valence-electron chi connectivity index (χ0n) is 13.8. The number of hydrogen-bond donors (Lipinski definition) is 1. The molecular weight excluding hydrogens is 322 g/mol. The Labute approximate surface area is 148 Å². The molecule has 2 unspecified atom stereocenters. The summed E-state index contributed by atoms with van der Waals surface area (Å²) in [6.07, 6.45) is 1.85. The minimum atomic E-state index is 0.0319. The van der Waals surface area contributed by atoms with Crippen molar-refractivity contribution in [3.8, 4) is 5.75 Å². The lowest BCUT2D eigenvalue weighted by atomic mass is 10.1. The highest BCUT2D eigenvalue weighted by atomic mass is 35.5. The standard InChI is InChI=1S/C20H22ClNO2/c1-2-10-24-15-7-5-6-14(11-15)13-22-20(23)18-12-17(18)16-8-3-4-9-19(16)21/h3-9,11,17-18H,2,10,12-13H2,1H3,(H,22,23). The van der Waals surface area contributed by atoms with Crippen LogP contribution < -0.4 is 10.1 Å². The van der Waals surface area contributed by atoms with Gasteiger partial charge in [-0.15, -0.1) is 0 Å². The Morgan fingerprint density at radius 1 is 1.25 bits per heavy atom. The fourth-order valence-electron chi connectivity index (χ4n) is 2.89. The first-order valence-corrected chi connectivity index (χ1v) is 8.80. The van der Waals surface area contributed by atoms with Gasteiger partial charge in [-0.3, -0.25) is 4.79 Å². The van der Waals surface area contributed by atoms with Gasteiger partial charge in [0.05, 0.1) is 6.61 Å². The third kappa shape index (κ3) is 4.09. The van der Waals surface area contributed by atoms with E-state index in [4.69, 9.17) is 16.3 Å². The zero-order chi connectivity index (χ0) is 16.9. The molecule has 0 heterocycles. The second-order valence-electron chi connectivity index (χ2n) is 6.18. The van der Waals surface area contributed by atoms with Gasteiger partial charge in [0, 0.05) is 17.5 Å². The lowest BCUT2D eigenvalue weighted by Gasteiger charge is -2.09. The average Bonchev–Trinajstić information content (AvgIpc) is 3.39. The van der Waals surface area contributed by atoms with E-state index in [1.54, 1.807) is 0 Å². The second kappa shape index (κ2) is 7.71. The van der Waals surface area contributed by atoms with Crippen LogP contribution in [-0.4, -0.2) is 12.5 Å². The van der Waals surface area contributed by atoms with E-state index < -0.39 is 0 Å². The molecule has 2 aromatic rings. The first-order valence-electron chi connectivity index (χ1n) is 8.43. The van der Waals surface area contributed by atoms with Gasteiger partial charge in [0.2, 0.25) is 5.91 Å². The predicted octanol–water partition coefficient (Wildman–Crippen LogP) is 4.55. The van der Waals surface area contributed by atoms with Crippen molar-refractivity contribution in [1.29, 1.82) is 0 Å². The van der Waals surface area contributed by atoms with Gasteiger partial charge in [-0.1, -0.05) is 48.9 Å². The molecule has 1 aliphatic rings. The summed E-state index contributed by atoms with van der Waals surface area (Å²) in [6, 6.07) is 15.6. The van der Waals surface area contributed by atoms with Crippen molar-refractivity contribution in [3.05, 3.63) is 64.7 Å². The molecule has 1 amide bonds. The molecular formula is C20H22ClNO2. The van der Waals surface area contributed by atoms with Gasteiger partial charge in [0.1, 0.15) is 5.75 Å². The number of halogens is 1. The first kappa shape index (κ1) is 16.8. The summed E-state index contributed by atoms with van der Waals surface area (Å²) in [5.74, 6) is 1.23. The van der Waals surface area contributed by atoms with Gasteiger partial charge in [-0.2, -0.15) is 0 Å². The molecule has 2 atom stereocenters. The van der Waals surface area contributed by atoms with E-state index in [0.717, 1.165) is 34.7 Å². The van der Waals surface area contributed by atoms with Crippen LogP contribution in [0.1, 0.15) is 36.8 Å². The molecule has 2 aromatic carbocycles. The molecule has 1 aliphatic carbocycles. The molecule has 1 saturated carbocycles. The quantitative estimate of drug-likeness (QED) is 0.801. The number of ether oxygens (including phenoxy) is 1. The molecule has 0 aliphatic heterocycles. The lowest BCUT2D eigenvalue weighted by molar-refractivity contribution is -0.122. The van der Waals surface area contributed by atoms with Crippen LogP contribution in [0.2, 0.25) is 5.02 Å². The highest BCUT2D eigenvalue weighted by Gasteiger charge is 2.44. The van der Waals surface area contributed by atoms with Crippen molar-refractivity contribution in [2.45, 2.75) is 32.2 Å². The summed E-state index contributed by atoms with van der Waals surface area (Å²) >= 11 is 6.22. The molecule has 3 rings (SSSR count). The van der Waals surface area contributed by atoms with Crippen molar-refractivity contribution in [2.75, 3.05) is 6.61 Å². The Kier molecular flexibility index (Phi) is 5.41. The fourth-order valence-corrected chi connectivity index (χ4v) is 3.17. The largest absolute Gasteiger partial charge is 0.494 e. The molecule has 0 bridgehead atoms. The molecule has 3 nitrogen and oxygen atoms in total. The number of nitrogens with one attached hydrogen (secondary N) is 1. The number of carbonyl (C=O) groups excluding carboxylic acids is 1. The summed E-state index contributed by atoms with van der Waals surface area (Å²) in [5.41, 5.74) is 2.13. The lowest BCUT2D eigenvalue weighted by Crippen LogP contribution is -2.24. The Hall–Kier alpha value is -2.00. The number of rotatable bonds is 7. The highest BCUT2D eigenvalue weighted by Crippen LogP contribution is 2.49. The topological polar surface area (TPSA) is 38.3 Å². The average molecular weight is 344 g/mol. The van der Waals surface area contributed by atoms with Gasteiger partial charge in [-0.25, -0.2) is 0 Å². The van der Waals surface area contributed by atoms with E-state index in [1.165, 1.54) is 0 Å². The maximum atomic E-state index is 12.3. The Morgan fingerprint density at radius 2 is 2.08 bits per heavy atom. The van der Waals surface area contributed by atoms with Crippen LogP contribution in [0, 0.1) is 5.92 Å².